The minimum Gasteiger partial charge on any atom is -0.481 e. The molecular formula is C11H21N5O4. The second-order valence-corrected chi connectivity index (χ2v) is 4.00. The van der Waals surface area contributed by atoms with E-state index < -0.39 is 5.97 Å². The van der Waals surface area contributed by atoms with Gasteiger partial charge in [0.25, 0.3) is 0 Å². The van der Waals surface area contributed by atoms with Crippen LogP contribution in [0.25, 0.3) is 0 Å². The summed E-state index contributed by atoms with van der Waals surface area (Å²) in [5.41, 5.74) is 10.3. The number of hydrogen-bond acceptors (Lipinski definition) is 4. The van der Waals surface area contributed by atoms with Gasteiger partial charge >= 0.3 is 5.97 Å². The third-order valence-electron chi connectivity index (χ3n) is 2.19. The van der Waals surface area contributed by atoms with Crippen molar-refractivity contribution in [1.29, 1.82) is 0 Å². The normalized spacial score (nSPS) is 9.60. The summed E-state index contributed by atoms with van der Waals surface area (Å²) in [5, 5.41) is 13.5. The Morgan fingerprint density at radius 2 is 1.50 bits per heavy atom. The molecule has 0 aromatic heterocycles. The Labute approximate surface area is 116 Å². The van der Waals surface area contributed by atoms with Gasteiger partial charge in [-0.1, -0.05) is 0 Å². The zero-order valence-corrected chi connectivity index (χ0v) is 11.2. The Hall–Kier alpha value is -2.32. The van der Waals surface area contributed by atoms with Crippen molar-refractivity contribution in [1.82, 2.24) is 10.6 Å². The van der Waals surface area contributed by atoms with Crippen LogP contribution in [0.5, 0.6) is 0 Å². The fraction of sp³-hybridized carbons (Fsp3) is 0.636. The molecule has 0 aromatic carbocycles. The van der Waals surface area contributed by atoms with Crippen LogP contribution in [0.1, 0.15) is 25.7 Å². The largest absolute Gasteiger partial charge is 0.481 e. The maximum Gasteiger partial charge on any atom is 0.303 e. The molecule has 9 nitrogen and oxygen atoms in total. The Kier molecular flexibility index (Phi) is 9.36. The van der Waals surface area contributed by atoms with Crippen molar-refractivity contribution in [2.75, 3.05) is 19.6 Å². The van der Waals surface area contributed by atoms with Gasteiger partial charge in [-0.25, -0.2) is 0 Å². The van der Waals surface area contributed by atoms with Crippen LogP contribution in [0.3, 0.4) is 0 Å². The number of nitrogens with two attached hydrogens (primary N) is 2. The molecule has 0 heterocycles. The fourth-order valence-corrected chi connectivity index (χ4v) is 1.25. The van der Waals surface area contributed by atoms with E-state index in [-0.39, 0.29) is 37.2 Å². The molecule has 0 atom stereocenters. The molecular weight excluding hydrogens is 266 g/mol. The molecule has 0 aliphatic rings. The molecule has 0 fully saturated rings. The first-order chi connectivity index (χ1) is 9.41. The highest BCUT2D eigenvalue weighted by molar-refractivity contribution is 5.80. The molecule has 114 valence electrons. The molecule has 0 rings (SSSR count). The summed E-state index contributed by atoms with van der Waals surface area (Å²) >= 11 is 0. The van der Waals surface area contributed by atoms with E-state index in [2.05, 4.69) is 15.6 Å². The standard InChI is InChI=1S/C11H21N5O4/c12-11(13)16-5-1-2-8(17)14-6-7-15-9(18)3-4-10(19)20/h1-7H2,(H,14,17)(H,15,18)(H,19,20)(H4,12,13,16). The molecule has 0 bridgehead atoms. The molecule has 2 amide bonds. The molecule has 0 aliphatic heterocycles. The number of carbonyl (C=O) groups excluding carboxylic acids is 2. The SMILES string of the molecule is NC(N)=NCCCC(=O)NCCNC(=O)CCC(=O)O. The number of rotatable bonds is 10. The first-order valence-corrected chi connectivity index (χ1v) is 6.22. The van der Waals surface area contributed by atoms with Gasteiger partial charge in [0, 0.05) is 32.5 Å². The van der Waals surface area contributed by atoms with Crippen LogP contribution in [0, 0.1) is 0 Å². The number of nitrogens with zero attached hydrogens (tertiary/aromatic N) is 1. The maximum atomic E-state index is 11.3. The highest BCUT2D eigenvalue weighted by Crippen LogP contribution is 1.90. The van der Waals surface area contributed by atoms with Gasteiger partial charge < -0.3 is 27.2 Å². The van der Waals surface area contributed by atoms with Crippen LogP contribution >= 0.6 is 0 Å². The summed E-state index contributed by atoms with van der Waals surface area (Å²) in [7, 11) is 0. The van der Waals surface area contributed by atoms with Gasteiger partial charge in [-0.3, -0.25) is 19.4 Å². The lowest BCUT2D eigenvalue weighted by molar-refractivity contribution is -0.138. The summed E-state index contributed by atoms with van der Waals surface area (Å²) in [6.07, 6.45) is 0.559. The molecule has 0 radical (unpaired) electrons. The zero-order chi connectivity index (χ0) is 15.4. The number of guanidine groups is 1. The van der Waals surface area contributed by atoms with Gasteiger partial charge in [0.2, 0.25) is 11.8 Å². The predicted octanol–water partition coefficient (Wildman–Crippen LogP) is -1.86. The summed E-state index contributed by atoms with van der Waals surface area (Å²) in [6, 6.07) is 0. The van der Waals surface area contributed by atoms with Crippen molar-refractivity contribution in [3.05, 3.63) is 0 Å². The highest BCUT2D eigenvalue weighted by atomic mass is 16.4. The Bertz CT molecular complexity index is 366. The lowest BCUT2D eigenvalue weighted by Gasteiger charge is -2.06. The zero-order valence-electron chi connectivity index (χ0n) is 11.2. The molecule has 20 heavy (non-hydrogen) atoms. The van der Waals surface area contributed by atoms with Gasteiger partial charge in [-0.2, -0.15) is 0 Å². The fourth-order valence-electron chi connectivity index (χ4n) is 1.25. The summed E-state index contributed by atoms with van der Waals surface area (Å²) in [4.78, 5) is 36.4. The number of carboxylic acids is 1. The molecule has 9 heteroatoms. The number of amides is 2. The second kappa shape index (κ2) is 10.6. The van der Waals surface area contributed by atoms with Crippen molar-refractivity contribution in [3.8, 4) is 0 Å². The van der Waals surface area contributed by atoms with Crippen LogP contribution < -0.4 is 22.1 Å². The highest BCUT2D eigenvalue weighted by Gasteiger charge is 2.05. The first-order valence-electron chi connectivity index (χ1n) is 6.22. The van der Waals surface area contributed by atoms with E-state index in [0.717, 1.165) is 0 Å². The number of aliphatic imine (C=N–C) groups is 1. The van der Waals surface area contributed by atoms with Crippen molar-refractivity contribution in [3.63, 3.8) is 0 Å². The lowest BCUT2D eigenvalue weighted by atomic mass is 10.3. The molecule has 7 N–H and O–H groups in total. The second-order valence-electron chi connectivity index (χ2n) is 4.00. The van der Waals surface area contributed by atoms with E-state index in [1.54, 1.807) is 0 Å². The average Bonchev–Trinajstić information content (AvgIpc) is 2.37. The number of carbonyl (C=O) groups is 3. The van der Waals surface area contributed by atoms with E-state index in [0.29, 0.717) is 25.9 Å². The maximum absolute atomic E-state index is 11.3. The molecule has 0 unspecified atom stereocenters. The minimum absolute atomic E-state index is 0.00511. The van der Waals surface area contributed by atoms with E-state index >= 15 is 0 Å². The number of hydrogen-bond donors (Lipinski definition) is 5. The van der Waals surface area contributed by atoms with Crippen LogP contribution in [-0.2, 0) is 14.4 Å². The van der Waals surface area contributed by atoms with Crippen LogP contribution in [0.2, 0.25) is 0 Å². The minimum atomic E-state index is -1.02. The molecule has 0 aromatic rings. The third kappa shape index (κ3) is 12.1. The monoisotopic (exact) mass is 287 g/mol. The average molecular weight is 287 g/mol. The van der Waals surface area contributed by atoms with Crippen LogP contribution in [-0.4, -0.2) is 48.5 Å². The summed E-state index contributed by atoms with van der Waals surface area (Å²) in [6.45, 7) is 0.944. The van der Waals surface area contributed by atoms with Crippen molar-refractivity contribution in [2.45, 2.75) is 25.7 Å². The third-order valence-corrected chi connectivity index (χ3v) is 2.19. The van der Waals surface area contributed by atoms with E-state index in [4.69, 9.17) is 16.6 Å². The summed E-state index contributed by atoms with van der Waals surface area (Å²) in [5.74, 6) is -1.53. The van der Waals surface area contributed by atoms with Crippen LogP contribution in [0.4, 0.5) is 0 Å². The quantitative estimate of drug-likeness (QED) is 0.180. The molecule has 0 aliphatic carbocycles. The number of nitrogens with one attached hydrogen (secondary N) is 2. The van der Waals surface area contributed by atoms with E-state index in [1.807, 2.05) is 0 Å². The van der Waals surface area contributed by atoms with Gasteiger partial charge in [-0.15, -0.1) is 0 Å². The number of carboxylic acid groups (broad SMARTS) is 1. The Morgan fingerprint density at radius 1 is 0.950 bits per heavy atom. The molecule has 0 saturated heterocycles. The van der Waals surface area contributed by atoms with Crippen molar-refractivity contribution < 1.29 is 19.5 Å². The van der Waals surface area contributed by atoms with Gasteiger partial charge in [-0.05, 0) is 6.42 Å². The lowest BCUT2D eigenvalue weighted by Crippen LogP contribution is -2.34. The van der Waals surface area contributed by atoms with Crippen LogP contribution in [0.15, 0.2) is 4.99 Å². The topological polar surface area (TPSA) is 160 Å². The van der Waals surface area contributed by atoms with Crippen molar-refractivity contribution in [2.24, 2.45) is 16.5 Å². The van der Waals surface area contributed by atoms with Gasteiger partial charge in [0.15, 0.2) is 5.96 Å². The smallest absolute Gasteiger partial charge is 0.303 e. The first kappa shape index (κ1) is 17.7. The molecule has 0 spiro atoms. The van der Waals surface area contributed by atoms with E-state index in [9.17, 15) is 14.4 Å². The predicted molar refractivity (Wildman–Crippen MR) is 72.8 cm³/mol. The number of aliphatic carboxylic acids is 1. The van der Waals surface area contributed by atoms with E-state index in [1.165, 1.54) is 0 Å². The van der Waals surface area contributed by atoms with Gasteiger partial charge in [0.1, 0.15) is 0 Å². The summed E-state index contributed by atoms with van der Waals surface area (Å²) < 4.78 is 0. The Balaban J connectivity index is 3.50. The molecule has 0 saturated carbocycles. The Morgan fingerprint density at radius 3 is 2.00 bits per heavy atom. The van der Waals surface area contributed by atoms with Crippen molar-refractivity contribution >= 4 is 23.7 Å². The van der Waals surface area contributed by atoms with Gasteiger partial charge in [0.05, 0.1) is 6.42 Å².